The van der Waals surface area contributed by atoms with E-state index in [9.17, 15) is 0 Å². The molecule has 1 rings (SSSR count). The van der Waals surface area contributed by atoms with Crippen LogP contribution in [0, 0.1) is 0 Å². The number of nitrogens with one attached hydrogen (secondary N) is 2. The highest BCUT2D eigenvalue weighted by Crippen LogP contribution is 2.15. The standard InChI is InChI=1S/C15H26N4O/c1-6-16-14(17-7-2)18-11-12-9-8-10-13(19-12)20-15(3,4)5/h8-10H,6-7,11H2,1-5H3,(H2,16,17,18). The predicted molar refractivity (Wildman–Crippen MR) is 83.1 cm³/mol. The summed E-state index contributed by atoms with van der Waals surface area (Å²) in [6, 6.07) is 5.77. The second-order valence-corrected chi connectivity index (χ2v) is 5.41. The van der Waals surface area contributed by atoms with Gasteiger partial charge in [-0.3, -0.25) is 0 Å². The Morgan fingerprint density at radius 2 is 1.85 bits per heavy atom. The van der Waals surface area contributed by atoms with Gasteiger partial charge in [-0.25, -0.2) is 9.98 Å². The number of hydrogen-bond acceptors (Lipinski definition) is 3. The van der Waals surface area contributed by atoms with Crippen molar-refractivity contribution >= 4 is 5.96 Å². The first-order valence-electron chi connectivity index (χ1n) is 7.11. The molecule has 0 saturated carbocycles. The Balaban J connectivity index is 2.72. The van der Waals surface area contributed by atoms with E-state index in [0.29, 0.717) is 12.4 Å². The molecule has 5 heteroatoms. The zero-order valence-corrected chi connectivity index (χ0v) is 13.2. The Kier molecular flexibility index (Phi) is 6.28. The third-order valence-electron chi connectivity index (χ3n) is 2.28. The van der Waals surface area contributed by atoms with Crippen LogP contribution in [0.5, 0.6) is 5.88 Å². The number of rotatable bonds is 5. The Labute approximate surface area is 121 Å². The van der Waals surface area contributed by atoms with Crippen molar-refractivity contribution in [1.29, 1.82) is 0 Å². The molecule has 0 aliphatic rings. The van der Waals surface area contributed by atoms with Crippen LogP contribution in [0.1, 0.15) is 40.3 Å². The number of ether oxygens (including phenoxy) is 1. The van der Waals surface area contributed by atoms with Gasteiger partial charge in [-0.2, -0.15) is 0 Å². The van der Waals surface area contributed by atoms with Crippen molar-refractivity contribution in [3.63, 3.8) is 0 Å². The quantitative estimate of drug-likeness (QED) is 0.641. The van der Waals surface area contributed by atoms with Crippen molar-refractivity contribution in [1.82, 2.24) is 15.6 Å². The van der Waals surface area contributed by atoms with Crippen molar-refractivity contribution < 1.29 is 4.74 Å². The highest BCUT2D eigenvalue weighted by molar-refractivity contribution is 5.79. The zero-order chi connectivity index (χ0) is 15.0. The number of aliphatic imine (C=N–C) groups is 1. The SMILES string of the molecule is CCNC(=NCc1cccc(OC(C)(C)C)n1)NCC. The number of aromatic nitrogens is 1. The van der Waals surface area contributed by atoms with Gasteiger partial charge < -0.3 is 15.4 Å². The molecular formula is C15H26N4O. The van der Waals surface area contributed by atoms with Crippen LogP contribution in [-0.4, -0.2) is 29.6 Å². The minimum Gasteiger partial charge on any atom is -0.472 e. The average molecular weight is 278 g/mol. The van der Waals surface area contributed by atoms with Gasteiger partial charge in [-0.1, -0.05) is 6.07 Å². The Hall–Kier alpha value is -1.78. The Morgan fingerprint density at radius 3 is 2.40 bits per heavy atom. The minimum absolute atomic E-state index is 0.242. The summed E-state index contributed by atoms with van der Waals surface area (Å²) in [6.07, 6.45) is 0. The number of nitrogens with zero attached hydrogens (tertiary/aromatic N) is 2. The van der Waals surface area contributed by atoms with Gasteiger partial charge >= 0.3 is 0 Å². The summed E-state index contributed by atoms with van der Waals surface area (Å²) < 4.78 is 5.75. The molecule has 2 N–H and O–H groups in total. The molecule has 1 heterocycles. The second-order valence-electron chi connectivity index (χ2n) is 5.41. The maximum absolute atomic E-state index is 5.75. The van der Waals surface area contributed by atoms with Crippen LogP contribution >= 0.6 is 0 Å². The first-order valence-corrected chi connectivity index (χ1v) is 7.11. The van der Waals surface area contributed by atoms with Gasteiger partial charge in [0.05, 0.1) is 12.2 Å². The molecule has 1 aromatic heterocycles. The third-order valence-corrected chi connectivity index (χ3v) is 2.28. The van der Waals surface area contributed by atoms with Crippen LogP contribution in [0.2, 0.25) is 0 Å². The van der Waals surface area contributed by atoms with E-state index >= 15 is 0 Å². The summed E-state index contributed by atoms with van der Waals surface area (Å²) >= 11 is 0. The molecule has 0 spiro atoms. The van der Waals surface area contributed by atoms with Crippen LogP contribution in [-0.2, 0) is 6.54 Å². The first kappa shape index (κ1) is 16.3. The van der Waals surface area contributed by atoms with Gasteiger partial charge in [-0.05, 0) is 40.7 Å². The van der Waals surface area contributed by atoms with E-state index in [1.807, 2.05) is 52.8 Å². The predicted octanol–water partition coefficient (Wildman–Crippen LogP) is 2.33. The fourth-order valence-electron chi connectivity index (χ4n) is 1.59. The average Bonchev–Trinajstić information content (AvgIpc) is 2.35. The summed E-state index contributed by atoms with van der Waals surface area (Å²) in [6.45, 7) is 12.3. The molecular weight excluding hydrogens is 252 g/mol. The van der Waals surface area contributed by atoms with Crippen molar-refractivity contribution in [2.75, 3.05) is 13.1 Å². The van der Waals surface area contributed by atoms with Crippen LogP contribution in [0.3, 0.4) is 0 Å². The van der Waals surface area contributed by atoms with Crippen LogP contribution in [0.15, 0.2) is 23.2 Å². The fraction of sp³-hybridized carbons (Fsp3) is 0.600. The fourth-order valence-corrected chi connectivity index (χ4v) is 1.59. The third kappa shape index (κ3) is 6.41. The Bertz CT molecular complexity index is 430. The van der Waals surface area contributed by atoms with Crippen molar-refractivity contribution in [2.45, 2.75) is 46.8 Å². The summed E-state index contributed by atoms with van der Waals surface area (Å²) in [7, 11) is 0. The molecule has 0 aliphatic carbocycles. The van der Waals surface area contributed by atoms with Gasteiger partial charge in [0.15, 0.2) is 5.96 Å². The molecule has 0 aromatic carbocycles. The molecule has 0 aliphatic heterocycles. The summed E-state index contributed by atoms with van der Waals surface area (Å²) in [5.74, 6) is 1.44. The zero-order valence-electron chi connectivity index (χ0n) is 13.2. The Morgan fingerprint density at radius 1 is 1.20 bits per heavy atom. The van der Waals surface area contributed by atoms with Crippen molar-refractivity contribution in [2.24, 2.45) is 4.99 Å². The minimum atomic E-state index is -0.242. The monoisotopic (exact) mass is 278 g/mol. The molecule has 0 unspecified atom stereocenters. The van der Waals surface area contributed by atoms with Gasteiger partial charge in [0.25, 0.3) is 0 Å². The van der Waals surface area contributed by atoms with Gasteiger partial charge in [0, 0.05) is 19.2 Å². The second kappa shape index (κ2) is 7.72. The van der Waals surface area contributed by atoms with E-state index in [1.54, 1.807) is 0 Å². The summed E-state index contributed by atoms with van der Waals surface area (Å²) in [5.41, 5.74) is 0.646. The van der Waals surface area contributed by atoms with Crippen molar-refractivity contribution in [3.8, 4) is 5.88 Å². The summed E-state index contributed by atoms with van der Waals surface area (Å²) in [5, 5.41) is 6.37. The highest BCUT2D eigenvalue weighted by Gasteiger charge is 2.12. The number of guanidine groups is 1. The maximum atomic E-state index is 5.75. The molecule has 0 fully saturated rings. The van der Waals surface area contributed by atoms with E-state index in [2.05, 4.69) is 20.6 Å². The summed E-state index contributed by atoms with van der Waals surface area (Å²) in [4.78, 5) is 8.95. The molecule has 112 valence electrons. The lowest BCUT2D eigenvalue weighted by atomic mass is 10.2. The van der Waals surface area contributed by atoms with Gasteiger partial charge in [-0.15, -0.1) is 0 Å². The number of pyridine rings is 1. The lowest BCUT2D eigenvalue weighted by Gasteiger charge is -2.20. The van der Waals surface area contributed by atoms with Crippen LogP contribution in [0.25, 0.3) is 0 Å². The van der Waals surface area contributed by atoms with Crippen molar-refractivity contribution in [3.05, 3.63) is 23.9 Å². The van der Waals surface area contributed by atoms with E-state index in [4.69, 9.17) is 4.74 Å². The van der Waals surface area contributed by atoms with Gasteiger partial charge in [0.2, 0.25) is 5.88 Å². The topological polar surface area (TPSA) is 58.5 Å². The van der Waals surface area contributed by atoms with E-state index in [0.717, 1.165) is 24.7 Å². The number of hydrogen-bond donors (Lipinski definition) is 2. The smallest absolute Gasteiger partial charge is 0.214 e. The molecule has 1 aromatic rings. The lowest BCUT2D eigenvalue weighted by Crippen LogP contribution is -2.37. The molecule has 20 heavy (non-hydrogen) atoms. The van der Waals surface area contributed by atoms with E-state index < -0.39 is 0 Å². The first-order chi connectivity index (χ1) is 9.44. The van der Waals surface area contributed by atoms with E-state index in [-0.39, 0.29) is 5.60 Å². The molecule has 0 bridgehead atoms. The molecule has 5 nitrogen and oxygen atoms in total. The van der Waals surface area contributed by atoms with Crippen LogP contribution in [0.4, 0.5) is 0 Å². The molecule has 0 amide bonds. The normalized spacial score (nSPS) is 10.8. The van der Waals surface area contributed by atoms with E-state index in [1.165, 1.54) is 0 Å². The van der Waals surface area contributed by atoms with Gasteiger partial charge in [0.1, 0.15) is 5.60 Å². The lowest BCUT2D eigenvalue weighted by molar-refractivity contribution is 0.124. The molecule has 0 atom stereocenters. The maximum Gasteiger partial charge on any atom is 0.214 e. The largest absolute Gasteiger partial charge is 0.472 e. The molecule has 0 saturated heterocycles. The molecule has 0 radical (unpaired) electrons. The van der Waals surface area contributed by atoms with Crippen LogP contribution < -0.4 is 15.4 Å². The highest BCUT2D eigenvalue weighted by atomic mass is 16.5.